The molecule has 1 N–H and O–H groups in total. The lowest BCUT2D eigenvalue weighted by Gasteiger charge is -2.16. The van der Waals surface area contributed by atoms with Crippen molar-refractivity contribution >= 4 is 11.0 Å². The molecule has 1 unspecified atom stereocenters. The monoisotopic (exact) mass is 400 g/mol. The summed E-state index contributed by atoms with van der Waals surface area (Å²) in [4.78, 5) is 4.81. The minimum atomic E-state index is -0.792. The summed E-state index contributed by atoms with van der Waals surface area (Å²) >= 11 is 0. The molecule has 0 amide bonds. The van der Waals surface area contributed by atoms with Crippen molar-refractivity contribution in [3.05, 3.63) is 94.3 Å². The number of rotatable bonds is 6. The van der Waals surface area contributed by atoms with Gasteiger partial charge in [0.05, 0.1) is 17.6 Å². The summed E-state index contributed by atoms with van der Waals surface area (Å²) < 4.78 is 8.19. The van der Waals surface area contributed by atoms with Gasteiger partial charge in [-0.2, -0.15) is 0 Å². The Labute approximate surface area is 177 Å². The van der Waals surface area contributed by atoms with Gasteiger partial charge in [0.1, 0.15) is 24.3 Å². The smallest absolute Gasteiger partial charge is 0.143 e. The van der Waals surface area contributed by atoms with E-state index in [1.165, 1.54) is 16.7 Å². The second kappa shape index (κ2) is 8.33. The number of imidazole rings is 1. The number of aliphatic hydroxyl groups excluding tert-OH is 1. The molecule has 154 valence electrons. The lowest BCUT2D eigenvalue weighted by Crippen LogP contribution is -2.15. The molecule has 4 aromatic rings. The van der Waals surface area contributed by atoms with Crippen LogP contribution in [0.3, 0.4) is 0 Å². The summed E-state index contributed by atoms with van der Waals surface area (Å²) in [5.41, 5.74) is 7.52. The molecule has 3 aromatic carbocycles. The van der Waals surface area contributed by atoms with Gasteiger partial charge in [0.15, 0.2) is 0 Å². The molecule has 0 radical (unpaired) electrons. The molecule has 0 fully saturated rings. The van der Waals surface area contributed by atoms with Crippen molar-refractivity contribution in [2.75, 3.05) is 6.61 Å². The summed E-state index contributed by atoms with van der Waals surface area (Å²) in [5.74, 6) is 1.54. The standard InChI is InChI=1S/C26H28N2O2/c1-17-9-8-12-24(20(17)4)30-14-13-28-23-16-19(3)18(2)15-22(23)27-26(28)25(29)21-10-6-5-7-11-21/h5-12,15-16,25,29H,13-14H2,1-4H3. The largest absolute Gasteiger partial charge is 0.491 e. The maximum absolute atomic E-state index is 11.1. The Bertz CT molecular complexity index is 1180. The van der Waals surface area contributed by atoms with Gasteiger partial charge in [-0.1, -0.05) is 42.5 Å². The Hall–Kier alpha value is -3.11. The Kier molecular flexibility index (Phi) is 5.60. The Morgan fingerprint density at radius 1 is 0.900 bits per heavy atom. The highest BCUT2D eigenvalue weighted by Gasteiger charge is 2.20. The van der Waals surface area contributed by atoms with E-state index >= 15 is 0 Å². The van der Waals surface area contributed by atoms with Crippen molar-refractivity contribution in [1.82, 2.24) is 9.55 Å². The van der Waals surface area contributed by atoms with E-state index in [0.717, 1.165) is 27.9 Å². The highest BCUT2D eigenvalue weighted by molar-refractivity contribution is 5.78. The zero-order chi connectivity index (χ0) is 21.3. The van der Waals surface area contributed by atoms with Gasteiger partial charge in [0.25, 0.3) is 0 Å². The molecule has 0 saturated carbocycles. The zero-order valence-electron chi connectivity index (χ0n) is 18.0. The highest BCUT2D eigenvalue weighted by atomic mass is 16.5. The quantitative estimate of drug-likeness (QED) is 0.469. The molecular weight excluding hydrogens is 372 g/mol. The molecular formula is C26H28N2O2. The molecule has 0 spiro atoms. The summed E-state index contributed by atoms with van der Waals surface area (Å²) in [5, 5.41) is 11.1. The van der Waals surface area contributed by atoms with Crippen molar-refractivity contribution in [2.24, 2.45) is 0 Å². The van der Waals surface area contributed by atoms with E-state index in [9.17, 15) is 5.11 Å². The maximum Gasteiger partial charge on any atom is 0.143 e. The molecule has 4 nitrogen and oxygen atoms in total. The summed E-state index contributed by atoms with van der Waals surface area (Å²) in [6.45, 7) is 9.46. The van der Waals surface area contributed by atoms with Crippen LogP contribution in [0.15, 0.2) is 60.7 Å². The third kappa shape index (κ3) is 3.83. The number of aryl methyl sites for hydroxylation is 3. The fourth-order valence-electron chi connectivity index (χ4n) is 3.75. The number of hydrogen-bond acceptors (Lipinski definition) is 3. The first-order valence-corrected chi connectivity index (χ1v) is 10.3. The van der Waals surface area contributed by atoms with E-state index in [1.807, 2.05) is 42.5 Å². The van der Waals surface area contributed by atoms with Crippen LogP contribution in [0.5, 0.6) is 5.75 Å². The van der Waals surface area contributed by atoms with Gasteiger partial charge in [-0.15, -0.1) is 0 Å². The molecule has 4 heteroatoms. The van der Waals surface area contributed by atoms with Gasteiger partial charge >= 0.3 is 0 Å². The SMILES string of the molecule is Cc1cc2nc(C(O)c3ccccc3)n(CCOc3cccc(C)c3C)c2cc1C. The van der Waals surface area contributed by atoms with Gasteiger partial charge in [-0.05, 0) is 73.7 Å². The van der Waals surface area contributed by atoms with Crippen molar-refractivity contribution < 1.29 is 9.84 Å². The summed E-state index contributed by atoms with van der Waals surface area (Å²) in [6.07, 6.45) is -0.792. The molecule has 0 bridgehead atoms. The molecule has 4 rings (SSSR count). The van der Waals surface area contributed by atoms with Crippen LogP contribution >= 0.6 is 0 Å². The van der Waals surface area contributed by atoms with E-state index in [0.29, 0.717) is 19.0 Å². The number of aromatic nitrogens is 2. The topological polar surface area (TPSA) is 47.3 Å². The average molecular weight is 401 g/mol. The minimum Gasteiger partial charge on any atom is -0.491 e. The molecule has 0 aliphatic carbocycles. The van der Waals surface area contributed by atoms with E-state index in [1.54, 1.807) is 0 Å². The first-order chi connectivity index (χ1) is 14.5. The normalized spacial score (nSPS) is 12.3. The van der Waals surface area contributed by atoms with E-state index in [-0.39, 0.29) is 0 Å². The molecule has 30 heavy (non-hydrogen) atoms. The number of fused-ring (bicyclic) bond motifs is 1. The molecule has 1 heterocycles. The van der Waals surface area contributed by atoms with E-state index in [4.69, 9.17) is 9.72 Å². The number of benzene rings is 3. The summed E-state index contributed by atoms with van der Waals surface area (Å²) in [7, 11) is 0. The summed E-state index contributed by atoms with van der Waals surface area (Å²) in [6, 6.07) is 20.0. The number of ether oxygens (including phenoxy) is 1. The molecule has 0 aliphatic heterocycles. The van der Waals surface area contributed by atoms with E-state index in [2.05, 4.69) is 50.5 Å². The molecule has 0 aliphatic rings. The molecule has 1 aromatic heterocycles. The third-order valence-corrected chi connectivity index (χ3v) is 5.88. The zero-order valence-corrected chi connectivity index (χ0v) is 18.0. The van der Waals surface area contributed by atoms with Crippen LogP contribution in [-0.2, 0) is 6.54 Å². The van der Waals surface area contributed by atoms with Crippen molar-refractivity contribution in [2.45, 2.75) is 40.3 Å². The second-order valence-corrected chi connectivity index (χ2v) is 7.91. The van der Waals surface area contributed by atoms with Crippen LogP contribution in [-0.4, -0.2) is 21.3 Å². The van der Waals surface area contributed by atoms with E-state index < -0.39 is 6.10 Å². The van der Waals surface area contributed by atoms with Crippen LogP contribution in [0.2, 0.25) is 0 Å². The number of aliphatic hydroxyl groups is 1. The van der Waals surface area contributed by atoms with Crippen LogP contribution < -0.4 is 4.74 Å². The van der Waals surface area contributed by atoms with Crippen molar-refractivity contribution in [3.8, 4) is 5.75 Å². The van der Waals surface area contributed by atoms with Crippen LogP contribution in [0.1, 0.15) is 39.7 Å². The Morgan fingerprint density at radius 2 is 1.63 bits per heavy atom. The lowest BCUT2D eigenvalue weighted by molar-refractivity contribution is 0.201. The predicted octanol–water partition coefficient (Wildman–Crippen LogP) is 5.43. The van der Waals surface area contributed by atoms with Gasteiger partial charge in [-0.25, -0.2) is 4.98 Å². The molecule has 0 saturated heterocycles. The predicted molar refractivity (Wildman–Crippen MR) is 121 cm³/mol. The Morgan fingerprint density at radius 3 is 2.40 bits per heavy atom. The lowest BCUT2D eigenvalue weighted by atomic mass is 10.1. The third-order valence-electron chi connectivity index (χ3n) is 5.88. The fraction of sp³-hybridized carbons (Fsp3) is 0.269. The highest BCUT2D eigenvalue weighted by Crippen LogP contribution is 2.28. The maximum atomic E-state index is 11.1. The van der Waals surface area contributed by atoms with Gasteiger partial charge < -0.3 is 14.4 Å². The molecule has 1 atom stereocenters. The minimum absolute atomic E-state index is 0.497. The fourth-order valence-corrected chi connectivity index (χ4v) is 3.75. The van der Waals surface area contributed by atoms with Crippen molar-refractivity contribution in [3.63, 3.8) is 0 Å². The van der Waals surface area contributed by atoms with Gasteiger partial charge in [-0.3, -0.25) is 0 Å². The van der Waals surface area contributed by atoms with Crippen molar-refractivity contribution in [1.29, 1.82) is 0 Å². The van der Waals surface area contributed by atoms with Crippen LogP contribution in [0.4, 0.5) is 0 Å². The average Bonchev–Trinajstić information content (AvgIpc) is 3.09. The number of nitrogens with zero attached hydrogens (tertiary/aromatic N) is 2. The van der Waals surface area contributed by atoms with Crippen LogP contribution in [0.25, 0.3) is 11.0 Å². The van der Waals surface area contributed by atoms with Crippen LogP contribution in [0, 0.1) is 27.7 Å². The number of hydrogen-bond donors (Lipinski definition) is 1. The van der Waals surface area contributed by atoms with Gasteiger partial charge in [0, 0.05) is 0 Å². The van der Waals surface area contributed by atoms with Gasteiger partial charge in [0.2, 0.25) is 0 Å². The first kappa shape index (κ1) is 20.2. The Balaban J connectivity index is 1.69. The second-order valence-electron chi connectivity index (χ2n) is 7.91. The first-order valence-electron chi connectivity index (χ1n) is 10.3.